The number of fused-ring (bicyclic) bond motifs is 1. The van der Waals surface area contributed by atoms with Gasteiger partial charge in [0.05, 0.1) is 40.0 Å². The van der Waals surface area contributed by atoms with Crippen LogP contribution in [-0.4, -0.2) is 29.4 Å². The molecule has 0 radical (unpaired) electrons. The molecule has 1 aliphatic rings. The van der Waals surface area contributed by atoms with E-state index >= 15 is 0 Å². The second kappa shape index (κ2) is 8.11. The maximum absolute atomic E-state index is 10.6. The molecule has 154 valence electrons. The number of hydrogen-bond acceptors (Lipinski definition) is 6. The fourth-order valence-electron chi connectivity index (χ4n) is 3.73. The van der Waals surface area contributed by atoms with Gasteiger partial charge in [0.15, 0.2) is 5.82 Å². The minimum absolute atomic E-state index is 0.565. The number of aliphatic hydroxyl groups is 1. The molecule has 7 nitrogen and oxygen atoms in total. The van der Waals surface area contributed by atoms with Gasteiger partial charge in [0.1, 0.15) is 0 Å². The molecule has 3 aromatic heterocycles. The van der Waals surface area contributed by atoms with Crippen molar-refractivity contribution in [3.05, 3.63) is 60.2 Å². The molecule has 4 aromatic rings. The van der Waals surface area contributed by atoms with Gasteiger partial charge < -0.3 is 9.83 Å². The molecule has 1 unspecified atom stereocenters. The van der Waals surface area contributed by atoms with E-state index in [0.29, 0.717) is 12.2 Å². The van der Waals surface area contributed by atoms with Crippen molar-refractivity contribution < 1.29 is 5.11 Å². The highest BCUT2D eigenvalue weighted by Crippen LogP contribution is 2.41. The maximum Gasteiger partial charge on any atom is 0.153 e. The number of aryl methyl sites for hydroxylation is 1. The Hall–Kier alpha value is -1.68. The molecule has 10 heteroatoms. The van der Waals surface area contributed by atoms with E-state index in [9.17, 15) is 5.11 Å². The summed E-state index contributed by atoms with van der Waals surface area (Å²) in [5.74, 6) is 0.710. The van der Waals surface area contributed by atoms with E-state index in [0.717, 1.165) is 52.0 Å². The number of rotatable bonds is 6. The zero-order valence-corrected chi connectivity index (χ0v) is 20.2. The molecule has 1 aliphatic carbocycles. The van der Waals surface area contributed by atoms with Crippen molar-refractivity contribution in [1.82, 2.24) is 24.3 Å². The van der Waals surface area contributed by atoms with Gasteiger partial charge in [-0.05, 0) is 90.0 Å². The average molecular weight is 550 g/mol. The van der Waals surface area contributed by atoms with Gasteiger partial charge in [0.25, 0.3) is 0 Å². The van der Waals surface area contributed by atoms with E-state index in [2.05, 4.69) is 54.1 Å². The topological polar surface area (TPSA) is 80.8 Å². The predicted molar refractivity (Wildman–Crippen MR) is 131 cm³/mol. The summed E-state index contributed by atoms with van der Waals surface area (Å²) in [4.78, 5) is 5.40. The SMILES string of the molecule is Cc1nn(PI)c2cccc(NSc3cnn(-c4cc(C5(O)CCC5)ccn4)c3)c12. The number of benzene rings is 1. The predicted octanol–water partition coefficient (Wildman–Crippen LogP) is 5.21. The molecular weight excluding hydrogens is 530 g/mol. The molecule has 0 aliphatic heterocycles. The molecule has 1 atom stereocenters. The highest BCUT2D eigenvalue weighted by atomic mass is 127. The summed E-state index contributed by atoms with van der Waals surface area (Å²) in [5, 5.41) is 20.9. The first-order valence-corrected chi connectivity index (χ1v) is 14.5. The van der Waals surface area contributed by atoms with Gasteiger partial charge in [-0.1, -0.05) is 6.07 Å². The molecule has 0 spiro atoms. The smallest absolute Gasteiger partial charge is 0.153 e. The van der Waals surface area contributed by atoms with Crippen LogP contribution in [0.4, 0.5) is 5.69 Å². The van der Waals surface area contributed by atoms with Crippen LogP contribution in [0.3, 0.4) is 0 Å². The van der Waals surface area contributed by atoms with Crippen molar-refractivity contribution in [2.24, 2.45) is 0 Å². The summed E-state index contributed by atoms with van der Waals surface area (Å²) in [6.07, 6.45) is 8.73. The molecule has 0 bridgehead atoms. The molecule has 0 amide bonds. The van der Waals surface area contributed by atoms with Crippen LogP contribution in [0, 0.1) is 6.92 Å². The van der Waals surface area contributed by atoms with Crippen molar-refractivity contribution in [3.8, 4) is 5.82 Å². The molecule has 30 heavy (non-hydrogen) atoms. The molecular formula is C20H20IN6OPS. The van der Waals surface area contributed by atoms with Crippen molar-refractivity contribution >= 4 is 57.0 Å². The van der Waals surface area contributed by atoms with Crippen LogP contribution in [0.25, 0.3) is 16.7 Å². The Morgan fingerprint density at radius 1 is 1.30 bits per heavy atom. The normalized spacial score (nSPS) is 15.7. The summed E-state index contributed by atoms with van der Waals surface area (Å²) >= 11 is 3.86. The average Bonchev–Trinajstić information content (AvgIpc) is 3.35. The van der Waals surface area contributed by atoms with E-state index in [1.807, 2.05) is 42.0 Å². The second-order valence-electron chi connectivity index (χ2n) is 7.39. The number of aromatic nitrogens is 5. The standard InChI is InChI=1S/C20H20IN6OPS/c1-13-19-16(4-2-5-17(19)27(24-13)29-21)25-30-15-11-23-26(12-15)18-10-14(6-9-22-18)20(28)7-3-8-20/h2,4-6,9-12,25,28-29H,3,7-8H2,1H3. The minimum Gasteiger partial charge on any atom is -0.385 e. The summed E-state index contributed by atoms with van der Waals surface area (Å²) in [6.45, 7) is 2.04. The Bertz CT molecular complexity index is 1220. The quantitative estimate of drug-likeness (QED) is 0.195. The molecule has 0 saturated heterocycles. The molecule has 1 aromatic carbocycles. The van der Waals surface area contributed by atoms with Gasteiger partial charge in [-0.3, -0.25) is 0 Å². The highest BCUT2D eigenvalue weighted by molar-refractivity contribution is 14.2. The molecule has 1 saturated carbocycles. The Kier molecular flexibility index (Phi) is 5.47. The van der Waals surface area contributed by atoms with E-state index in [1.165, 1.54) is 11.9 Å². The van der Waals surface area contributed by atoms with Crippen LogP contribution in [0.1, 0.15) is 30.5 Å². The van der Waals surface area contributed by atoms with Crippen LogP contribution in [0.5, 0.6) is 0 Å². The van der Waals surface area contributed by atoms with Gasteiger partial charge in [-0.25, -0.2) is 14.1 Å². The van der Waals surface area contributed by atoms with Crippen molar-refractivity contribution in [2.45, 2.75) is 36.7 Å². The van der Waals surface area contributed by atoms with E-state index < -0.39 is 5.60 Å². The monoisotopic (exact) mass is 550 g/mol. The van der Waals surface area contributed by atoms with Gasteiger partial charge in [0, 0.05) is 17.8 Å². The Balaban J connectivity index is 1.36. The number of hydrogen-bond donors (Lipinski definition) is 2. The summed E-state index contributed by atoms with van der Waals surface area (Å²) in [5.41, 5.74) is 3.40. The third-order valence-electron chi connectivity index (χ3n) is 5.50. The molecule has 3 heterocycles. The lowest BCUT2D eigenvalue weighted by molar-refractivity contribution is -0.0388. The third-order valence-corrected chi connectivity index (χ3v) is 8.14. The molecule has 2 N–H and O–H groups in total. The number of halogens is 1. The number of anilines is 1. The summed E-state index contributed by atoms with van der Waals surface area (Å²) < 4.78 is 7.23. The van der Waals surface area contributed by atoms with Gasteiger partial charge in [0.2, 0.25) is 0 Å². The van der Waals surface area contributed by atoms with E-state index in [4.69, 9.17) is 0 Å². The Labute approximate surface area is 193 Å². The highest BCUT2D eigenvalue weighted by Gasteiger charge is 2.36. The van der Waals surface area contributed by atoms with Crippen LogP contribution >= 0.6 is 40.4 Å². The fraction of sp³-hybridized carbons (Fsp3) is 0.250. The Morgan fingerprint density at radius 3 is 2.93 bits per heavy atom. The largest absolute Gasteiger partial charge is 0.385 e. The minimum atomic E-state index is -0.705. The van der Waals surface area contributed by atoms with Gasteiger partial charge in [-0.2, -0.15) is 10.2 Å². The molecule has 1 fully saturated rings. The van der Waals surface area contributed by atoms with Crippen LogP contribution in [-0.2, 0) is 5.60 Å². The van der Waals surface area contributed by atoms with Crippen molar-refractivity contribution in [3.63, 3.8) is 0 Å². The summed E-state index contributed by atoms with van der Waals surface area (Å²) in [7, 11) is 0. The lowest BCUT2D eigenvalue weighted by Gasteiger charge is -2.37. The second-order valence-corrected chi connectivity index (χ2v) is 10.3. The summed E-state index contributed by atoms with van der Waals surface area (Å²) in [6, 6.07) is 10.0. The lowest BCUT2D eigenvalue weighted by Crippen LogP contribution is -2.33. The zero-order valence-electron chi connectivity index (χ0n) is 16.2. The van der Waals surface area contributed by atoms with Crippen molar-refractivity contribution in [2.75, 3.05) is 4.72 Å². The Morgan fingerprint density at radius 2 is 2.17 bits per heavy atom. The van der Waals surface area contributed by atoms with E-state index in [1.54, 1.807) is 10.9 Å². The van der Waals surface area contributed by atoms with Crippen LogP contribution in [0.15, 0.2) is 53.8 Å². The fourth-order valence-corrected chi connectivity index (χ4v) is 5.95. The molecule has 5 rings (SSSR count). The van der Waals surface area contributed by atoms with E-state index in [-0.39, 0.29) is 0 Å². The number of pyridine rings is 1. The van der Waals surface area contributed by atoms with Gasteiger partial charge in [-0.15, -0.1) is 0 Å². The maximum atomic E-state index is 10.6. The van der Waals surface area contributed by atoms with Gasteiger partial charge >= 0.3 is 0 Å². The first kappa shape index (κ1) is 20.2. The van der Waals surface area contributed by atoms with Crippen molar-refractivity contribution in [1.29, 1.82) is 0 Å². The van der Waals surface area contributed by atoms with Crippen LogP contribution in [0.2, 0.25) is 0 Å². The zero-order chi connectivity index (χ0) is 20.7. The number of nitrogens with zero attached hydrogens (tertiary/aromatic N) is 5. The first-order chi connectivity index (χ1) is 14.6. The number of nitrogens with one attached hydrogen (secondary N) is 1. The first-order valence-electron chi connectivity index (χ1n) is 9.59. The lowest BCUT2D eigenvalue weighted by atomic mass is 9.75. The third kappa shape index (κ3) is 3.62. The van der Waals surface area contributed by atoms with Crippen LogP contribution < -0.4 is 4.72 Å².